The van der Waals surface area contributed by atoms with Crippen LogP contribution in [0.5, 0.6) is 0 Å². The molecule has 0 bridgehead atoms. The van der Waals surface area contributed by atoms with Gasteiger partial charge in [0, 0.05) is 16.8 Å². The minimum Gasteiger partial charge on any atom is -0.303 e. The monoisotopic (exact) mass is 332 g/mol. The number of rotatable bonds is 2. The van der Waals surface area contributed by atoms with Crippen molar-refractivity contribution in [1.29, 1.82) is 0 Å². The van der Waals surface area contributed by atoms with E-state index < -0.39 is 0 Å². The summed E-state index contributed by atoms with van der Waals surface area (Å²) in [5, 5.41) is 0. The first kappa shape index (κ1) is 13.7. The van der Waals surface area contributed by atoms with Crippen molar-refractivity contribution >= 4 is 28.0 Å². The Morgan fingerprint density at radius 3 is 2.60 bits per heavy atom. The fourth-order valence-corrected chi connectivity index (χ4v) is 3.99. The van der Waals surface area contributed by atoms with Crippen molar-refractivity contribution in [2.45, 2.75) is 25.2 Å². The maximum absolute atomic E-state index is 11.6. The van der Waals surface area contributed by atoms with Crippen LogP contribution in [-0.2, 0) is 9.59 Å². The molecule has 3 heteroatoms. The molecule has 3 rings (SSSR count). The summed E-state index contributed by atoms with van der Waals surface area (Å²) in [7, 11) is 0. The first-order valence-electron chi connectivity index (χ1n) is 7.11. The Balaban J connectivity index is 1.98. The average molecular weight is 333 g/mol. The Labute approximate surface area is 127 Å². The van der Waals surface area contributed by atoms with Crippen LogP contribution in [0.3, 0.4) is 0 Å². The van der Waals surface area contributed by atoms with Gasteiger partial charge in [-0.1, -0.05) is 34.1 Å². The second-order valence-corrected chi connectivity index (χ2v) is 6.74. The smallest absolute Gasteiger partial charge is 0.155 e. The summed E-state index contributed by atoms with van der Waals surface area (Å²) >= 11 is 3.45. The molecule has 0 radical (unpaired) electrons. The van der Waals surface area contributed by atoms with Crippen molar-refractivity contribution in [3.05, 3.63) is 46.5 Å². The predicted molar refractivity (Wildman–Crippen MR) is 81.4 cm³/mol. The lowest BCUT2D eigenvalue weighted by Gasteiger charge is -2.41. The van der Waals surface area contributed by atoms with Gasteiger partial charge in [0.25, 0.3) is 0 Å². The van der Waals surface area contributed by atoms with Crippen LogP contribution in [-0.4, -0.2) is 12.1 Å². The van der Waals surface area contributed by atoms with E-state index in [-0.39, 0.29) is 17.6 Å². The maximum Gasteiger partial charge on any atom is 0.155 e. The van der Waals surface area contributed by atoms with E-state index in [4.69, 9.17) is 0 Å². The second-order valence-electron chi connectivity index (χ2n) is 5.82. The third-order valence-electron chi connectivity index (χ3n) is 4.69. The molecule has 0 amide bonds. The topological polar surface area (TPSA) is 34.1 Å². The molecule has 1 fully saturated rings. The highest BCUT2D eigenvalue weighted by atomic mass is 79.9. The molecule has 20 heavy (non-hydrogen) atoms. The quantitative estimate of drug-likeness (QED) is 0.769. The van der Waals surface area contributed by atoms with E-state index >= 15 is 0 Å². The van der Waals surface area contributed by atoms with Gasteiger partial charge < -0.3 is 4.79 Å². The molecular formula is C17H17BrO2. The molecular weight excluding hydrogens is 316 g/mol. The van der Waals surface area contributed by atoms with E-state index in [0.29, 0.717) is 18.3 Å². The molecule has 2 aliphatic rings. The predicted octanol–water partition coefficient (Wildman–Crippen LogP) is 3.90. The summed E-state index contributed by atoms with van der Waals surface area (Å²) < 4.78 is 1.05. The number of hydrogen-bond acceptors (Lipinski definition) is 2. The largest absolute Gasteiger partial charge is 0.303 e. The third kappa shape index (κ3) is 2.51. The van der Waals surface area contributed by atoms with Crippen LogP contribution in [0.25, 0.3) is 0 Å². The average Bonchev–Trinajstić information content (AvgIpc) is 2.47. The lowest BCUT2D eigenvalue weighted by atomic mass is 9.62. The summed E-state index contributed by atoms with van der Waals surface area (Å²) in [6.45, 7) is 0. The van der Waals surface area contributed by atoms with Gasteiger partial charge in [0.1, 0.15) is 6.29 Å². The van der Waals surface area contributed by atoms with Crippen LogP contribution in [0, 0.1) is 17.8 Å². The van der Waals surface area contributed by atoms with Gasteiger partial charge in [-0.15, -0.1) is 0 Å². The first-order chi connectivity index (χ1) is 9.69. The molecule has 4 atom stereocenters. The summed E-state index contributed by atoms with van der Waals surface area (Å²) in [6, 6.07) is 8.24. The van der Waals surface area contributed by atoms with E-state index in [1.54, 1.807) is 6.08 Å². The summed E-state index contributed by atoms with van der Waals surface area (Å²) in [5.41, 5.74) is 1.21. The summed E-state index contributed by atoms with van der Waals surface area (Å²) in [4.78, 5) is 23.0. The van der Waals surface area contributed by atoms with Crippen LogP contribution in [0.4, 0.5) is 0 Å². The lowest BCUT2D eigenvalue weighted by molar-refractivity contribution is -0.117. The van der Waals surface area contributed by atoms with E-state index in [0.717, 1.165) is 23.6 Å². The number of ketones is 1. The minimum absolute atomic E-state index is 0.0651. The SMILES string of the molecule is O=C[C@@H]1CC[C@H]2CC(=O)C=C[C@@H]2[C@H]1c1ccc(Br)cc1. The standard InChI is InChI=1S/C17H17BrO2/c18-14-5-3-11(4-6-14)17-13(10-19)2-1-12-9-15(20)7-8-16(12)17/h3-8,10,12-13,16-17H,1-2,9H2/t12-,13-,16-,17-/m0/s1. The van der Waals surface area contributed by atoms with Gasteiger partial charge >= 0.3 is 0 Å². The Kier molecular flexibility index (Phi) is 3.88. The van der Waals surface area contributed by atoms with Crippen molar-refractivity contribution in [3.63, 3.8) is 0 Å². The third-order valence-corrected chi connectivity index (χ3v) is 5.22. The van der Waals surface area contributed by atoms with Gasteiger partial charge in [0.05, 0.1) is 0 Å². The van der Waals surface area contributed by atoms with Crippen molar-refractivity contribution < 1.29 is 9.59 Å². The molecule has 0 N–H and O–H groups in total. The van der Waals surface area contributed by atoms with Crippen LogP contribution in [0.1, 0.15) is 30.7 Å². The van der Waals surface area contributed by atoms with E-state index in [1.807, 2.05) is 18.2 Å². The highest BCUT2D eigenvalue weighted by Gasteiger charge is 2.40. The summed E-state index contributed by atoms with van der Waals surface area (Å²) in [5.74, 6) is 1.22. The highest BCUT2D eigenvalue weighted by Crippen LogP contribution is 2.47. The fourth-order valence-electron chi connectivity index (χ4n) is 3.72. The van der Waals surface area contributed by atoms with Crippen molar-refractivity contribution in [2.75, 3.05) is 0 Å². The van der Waals surface area contributed by atoms with Gasteiger partial charge in [0.15, 0.2) is 5.78 Å². The van der Waals surface area contributed by atoms with Crippen LogP contribution in [0.2, 0.25) is 0 Å². The Hall–Kier alpha value is -1.22. The zero-order valence-electron chi connectivity index (χ0n) is 11.2. The minimum atomic E-state index is 0.0651. The lowest BCUT2D eigenvalue weighted by Crippen LogP contribution is -2.35. The Morgan fingerprint density at radius 1 is 1.15 bits per heavy atom. The highest BCUT2D eigenvalue weighted by molar-refractivity contribution is 9.10. The van der Waals surface area contributed by atoms with Crippen molar-refractivity contribution in [3.8, 4) is 0 Å². The zero-order chi connectivity index (χ0) is 14.1. The number of fused-ring (bicyclic) bond motifs is 1. The molecule has 0 unspecified atom stereocenters. The Morgan fingerprint density at radius 2 is 1.90 bits per heavy atom. The normalized spacial score (nSPS) is 32.8. The number of halogens is 1. The molecule has 1 aromatic rings. The summed E-state index contributed by atoms with van der Waals surface area (Å²) in [6.07, 6.45) is 7.37. The van der Waals surface area contributed by atoms with E-state index in [9.17, 15) is 9.59 Å². The molecule has 1 aromatic carbocycles. The number of hydrogen-bond donors (Lipinski definition) is 0. The molecule has 2 aliphatic carbocycles. The van der Waals surface area contributed by atoms with Gasteiger partial charge in [-0.2, -0.15) is 0 Å². The van der Waals surface area contributed by atoms with Gasteiger partial charge in [-0.25, -0.2) is 0 Å². The second kappa shape index (κ2) is 5.65. The number of carbonyl (C=O) groups excluding carboxylic acids is 2. The molecule has 1 saturated carbocycles. The zero-order valence-corrected chi connectivity index (χ0v) is 12.8. The van der Waals surface area contributed by atoms with Crippen LogP contribution < -0.4 is 0 Å². The molecule has 104 valence electrons. The van der Waals surface area contributed by atoms with Crippen molar-refractivity contribution in [1.82, 2.24) is 0 Å². The molecule has 0 aromatic heterocycles. The number of allylic oxidation sites excluding steroid dienone is 2. The Bertz CT molecular complexity index is 547. The van der Waals surface area contributed by atoms with E-state index in [2.05, 4.69) is 28.1 Å². The molecule has 0 saturated heterocycles. The molecule has 0 spiro atoms. The molecule has 0 aliphatic heterocycles. The van der Waals surface area contributed by atoms with Gasteiger partial charge in [-0.3, -0.25) is 4.79 Å². The van der Waals surface area contributed by atoms with Crippen molar-refractivity contribution in [2.24, 2.45) is 17.8 Å². The number of benzene rings is 1. The molecule has 2 nitrogen and oxygen atoms in total. The van der Waals surface area contributed by atoms with Crippen LogP contribution in [0.15, 0.2) is 40.9 Å². The van der Waals surface area contributed by atoms with Gasteiger partial charge in [0.2, 0.25) is 0 Å². The van der Waals surface area contributed by atoms with E-state index in [1.165, 1.54) is 5.56 Å². The molecule has 0 heterocycles. The first-order valence-corrected chi connectivity index (χ1v) is 7.90. The van der Waals surface area contributed by atoms with Gasteiger partial charge in [-0.05, 0) is 54.4 Å². The maximum atomic E-state index is 11.6. The van der Waals surface area contributed by atoms with Crippen LogP contribution >= 0.6 is 15.9 Å². The fraction of sp³-hybridized carbons (Fsp3) is 0.412. The number of carbonyl (C=O) groups is 2. The number of aldehydes is 1.